The van der Waals surface area contributed by atoms with Crippen LogP contribution in [0.1, 0.15) is 40.0 Å². The van der Waals surface area contributed by atoms with Crippen LogP contribution in [0, 0.1) is 17.8 Å². The number of anilines is 2. The number of nitrogens with one attached hydrogen (secondary N) is 2. The predicted octanol–water partition coefficient (Wildman–Crippen LogP) is 2.75. The second kappa shape index (κ2) is 9.21. The Bertz CT molecular complexity index is 959. The molecule has 1 aliphatic heterocycles. The molecule has 3 rings (SSSR count). The molecule has 1 saturated heterocycles. The van der Waals surface area contributed by atoms with E-state index >= 15 is 0 Å². The number of amides is 3. The van der Waals surface area contributed by atoms with Gasteiger partial charge in [-0.15, -0.1) is 0 Å². The number of hydrogen-bond acceptors (Lipinski definition) is 5. The maximum Gasteiger partial charge on any atom is 0.247 e. The molecule has 3 atom stereocenters. The number of imide groups is 1. The molecule has 1 aromatic rings. The number of allylic oxidation sites excluding steroid dienone is 2. The van der Waals surface area contributed by atoms with Crippen LogP contribution in [0.2, 0.25) is 0 Å². The number of carbonyl (C=O) groups is 3. The fourth-order valence-corrected chi connectivity index (χ4v) is 4.65. The molecule has 0 saturated carbocycles. The van der Waals surface area contributed by atoms with Crippen LogP contribution >= 0.6 is 0 Å². The number of nitrogens with zero attached hydrogens (tertiary/aromatic N) is 1. The molecular weight excluding hydrogens is 418 g/mol. The topological polar surface area (TPSA) is 113 Å². The van der Waals surface area contributed by atoms with Crippen molar-refractivity contribution in [1.29, 1.82) is 0 Å². The van der Waals surface area contributed by atoms with Crippen molar-refractivity contribution in [3.05, 3.63) is 36.4 Å². The molecule has 0 aromatic heterocycles. The van der Waals surface area contributed by atoms with Crippen LogP contribution in [0.5, 0.6) is 0 Å². The van der Waals surface area contributed by atoms with Gasteiger partial charge < -0.3 is 5.32 Å². The zero-order chi connectivity index (χ0) is 22.8. The molecule has 1 heterocycles. The number of likely N-dealkylation sites (tertiary alicyclic amines) is 1. The lowest BCUT2D eigenvalue weighted by Crippen LogP contribution is -2.48. The van der Waals surface area contributed by atoms with E-state index in [1.54, 1.807) is 31.2 Å². The summed E-state index contributed by atoms with van der Waals surface area (Å²) in [5.74, 6) is -1.69. The van der Waals surface area contributed by atoms with Crippen LogP contribution < -0.4 is 10.0 Å². The molecule has 3 amide bonds. The minimum atomic E-state index is -3.39. The first-order valence-corrected chi connectivity index (χ1v) is 12.2. The van der Waals surface area contributed by atoms with Crippen LogP contribution in [0.3, 0.4) is 0 Å². The zero-order valence-electron chi connectivity index (χ0n) is 18.0. The molecule has 9 heteroatoms. The molecule has 0 bridgehead atoms. The summed E-state index contributed by atoms with van der Waals surface area (Å²) in [6.07, 6.45) is 5.25. The Morgan fingerprint density at radius 3 is 2.03 bits per heavy atom. The van der Waals surface area contributed by atoms with Gasteiger partial charge in [0.25, 0.3) is 0 Å². The first kappa shape index (κ1) is 23.0. The van der Waals surface area contributed by atoms with Crippen LogP contribution in [-0.4, -0.2) is 42.8 Å². The molecular formula is C22H29N3O5S. The van der Waals surface area contributed by atoms with Crippen molar-refractivity contribution in [3.8, 4) is 0 Å². The van der Waals surface area contributed by atoms with Crippen LogP contribution in [-0.2, 0) is 24.4 Å². The van der Waals surface area contributed by atoms with E-state index in [-0.39, 0.29) is 35.3 Å². The highest BCUT2D eigenvalue weighted by Crippen LogP contribution is 2.37. The van der Waals surface area contributed by atoms with Crippen molar-refractivity contribution in [2.75, 3.05) is 15.8 Å². The van der Waals surface area contributed by atoms with Gasteiger partial charge in [0.15, 0.2) is 0 Å². The van der Waals surface area contributed by atoms with Crippen LogP contribution in [0.25, 0.3) is 0 Å². The molecule has 2 N–H and O–H groups in total. The minimum Gasteiger partial charge on any atom is -0.324 e. The fourth-order valence-electron chi connectivity index (χ4n) is 4.01. The summed E-state index contributed by atoms with van der Waals surface area (Å²) in [4.78, 5) is 40.2. The second-order valence-corrected chi connectivity index (χ2v) is 10.4. The average molecular weight is 448 g/mol. The lowest BCUT2D eigenvalue weighted by Gasteiger charge is -2.27. The monoisotopic (exact) mass is 447 g/mol. The highest BCUT2D eigenvalue weighted by molar-refractivity contribution is 7.92. The average Bonchev–Trinajstić information content (AvgIpc) is 2.98. The number of benzene rings is 1. The Hall–Kier alpha value is -2.68. The standard InChI is InChI=1S/C22H29N3O5S/c1-4-31(29,30)24-16-11-9-15(10-12-16)23-20(26)19(13-14(2)3)25-21(27)17-7-5-6-8-18(17)22(25)28/h5-6,9-12,14,17-19,24H,4,7-8,13H2,1-3H3,(H,23,26). The molecule has 3 unspecified atom stereocenters. The normalized spacial score (nSPS) is 21.9. The molecule has 0 spiro atoms. The smallest absolute Gasteiger partial charge is 0.247 e. The molecule has 2 aliphatic rings. The molecule has 1 fully saturated rings. The van der Waals surface area contributed by atoms with Crippen LogP contribution in [0.15, 0.2) is 36.4 Å². The van der Waals surface area contributed by atoms with Gasteiger partial charge in [-0.1, -0.05) is 26.0 Å². The van der Waals surface area contributed by atoms with Gasteiger partial charge in [0.1, 0.15) is 6.04 Å². The maximum absolute atomic E-state index is 13.1. The van der Waals surface area contributed by atoms with Gasteiger partial charge in [0.2, 0.25) is 27.7 Å². The summed E-state index contributed by atoms with van der Waals surface area (Å²) in [5.41, 5.74) is 0.844. The fraction of sp³-hybridized carbons (Fsp3) is 0.500. The molecule has 8 nitrogen and oxygen atoms in total. The molecule has 0 radical (unpaired) electrons. The Balaban J connectivity index is 1.76. The van der Waals surface area contributed by atoms with E-state index < -0.39 is 22.0 Å². The van der Waals surface area contributed by atoms with Gasteiger partial charge in [0, 0.05) is 11.4 Å². The van der Waals surface area contributed by atoms with E-state index in [9.17, 15) is 22.8 Å². The lowest BCUT2D eigenvalue weighted by molar-refractivity contribution is -0.147. The number of rotatable bonds is 8. The SMILES string of the molecule is CCS(=O)(=O)Nc1ccc(NC(=O)C(CC(C)C)N2C(=O)C3CC=CCC3C2=O)cc1. The summed E-state index contributed by atoms with van der Waals surface area (Å²) in [6.45, 7) is 5.42. The van der Waals surface area contributed by atoms with Gasteiger partial charge >= 0.3 is 0 Å². The number of sulfonamides is 1. The first-order chi connectivity index (χ1) is 14.6. The summed E-state index contributed by atoms with van der Waals surface area (Å²) in [5, 5.41) is 2.77. The minimum absolute atomic E-state index is 0.0439. The summed E-state index contributed by atoms with van der Waals surface area (Å²) >= 11 is 0. The van der Waals surface area contributed by atoms with E-state index in [1.165, 1.54) is 4.90 Å². The lowest BCUT2D eigenvalue weighted by atomic mass is 9.85. The van der Waals surface area contributed by atoms with Crippen molar-refractivity contribution < 1.29 is 22.8 Å². The molecule has 1 aromatic carbocycles. The predicted molar refractivity (Wildman–Crippen MR) is 119 cm³/mol. The number of hydrogen-bond donors (Lipinski definition) is 2. The number of fused-ring (bicyclic) bond motifs is 1. The highest BCUT2D eigenvalue weighted by Gasteiger charge is 2.51. The summed E-state index contributed by atoms with van der Waals surface area (Å²) in [6, 6.07) is 5.37. The quantitative estimate of drug-likeness (QED) is 0.470. The maximum atomic E-state index is 13.1. The molecule has 1 aliphatic carbocycles. The highest BCUT2D eigenvalue weighted by atomic mass is 32.2. The van der Waals surface area contributed by atoms with E-state index in [1.807, 2.05) is 26.0 Å². The van der Waals surface area contributed by atoms with Crippen molar-refractivity contribution in [2.24, 2.45) is 17.8 Å². The van der Waals surface area contributed by atoms with E-state index in [0.717, 1.165) is 0 Å². The zero-order valence-corrected chi connectivity index (χ0v) is 18.8. The Morgan fingerprint density at radius 1 is 1.03 bits per heavy atom. The Kier molecular flexibility index (Phi) is 6.83. The van der Waals surface area contributed by atoms with E-state index in [2.05, 4.69) is 10.0 Å². The van der Waals surface area contributed by atoms with E-state index in [0.29, 0.717) is 30.6 Å². The van der Waals surface area contributed by atoms with Gasteiger partial charge in [-0.25, -0.2) is 8.42 Å². The third-order valence-corrected chi connectivity index (χ3v) is 6.96. The van der Waals surface area contributed by atoms with Gasteiger partial charge in [0.05, 0.1) is 17.6 Å². The van der Waals surface area contributed by atoms with Crippen molar-refractivity contribution >= 4 is 39.1 Å². The second-order valence-electron chi connectivity index (χ2n) is 8.42. The van der Waals surface area contributed by atoms with Gasteiger partial charge in [-0.2, -0.15) is 0 Å². The first-order valence-electron chi connectivity index (χ1n) is 10.6. The third kappa shape index (κ3) is 5.15. The Labute approximate surface area is 183 Å². The molecule has 31 heavy (non-hydrogen) atoms. The van der Waals surface area contributed by atoms with Crippen molar-refractivity contribution in [3.63, 3.8) is 0 Å². The van der Waals surface area contributed by atoms with E-state index in [4.69, 9.17) is 0 Å². The van der Waals surface area contributed by atoms with Gasteiger partial charge in [-0.05, 0) is 56.4 Å². The van der Waals surface area contributed by atoms with Crippen LogP contribution in [0.4, 0.5) is 11.4 Å². The molecule has 168 valence electrons. The number of carbonyl (C=O) groups excluding carboxylic acids is 3. The van der Waals surface area contributed by atoms with Gasteiger partial charge in [-0.3, -0.25) is 24.0 Å². The third-order valence-electron chi connectivity index (χ3n) is 5.66. The largest absolute Gasteiger partial charge is 0.324 e. The summed E-state index contributed by atoms with van der Waals surface area (Å²) in [7, 11) is -3.39. The van der Waals surface area contributed by atoms with Crippen molar-refractivity contribution in [1.82, 2.24) is 4.90 Å². The Morgan fingerprint density at radius 2 is 1.55 bits per heavy atom. The van der Waals surface area contributed by atoms with Crippen molar-refractivity contribution in [2.45, 2.75) is 46.1 Å². The summed E-state index contributed by atoms with van der Waals surface area (Å²) < 4.78 is 25.8.